The molecule has 2 aliphatic rings. The number of carbonyl (C=O) groups is 1. The molecule has 2 aromatic heterocycles. The highest BCUT2D eigenvalue weighted by molar-refractivity contribution is 5.93. The van der Waals surface area contributed by atoms with E-state index in [9.17, 15) is 4.79 Å². The number of furan rings is 1. The number of nitrogens with one attached hydrogen (secondary N) is 1. The molecule has 150 valence electrons. The summed E-state index contributed by atoms with van der Waals surface area (Å²) in [5, 5.41) is 7.42. The lowest BCUT2D eigenvalue weighted by molar-refractivity contribution is 0.0596. The third-order valence-electron chi connectivity index (χ3n) is 6.27. The van der Waals surface area contributed by atoms with Crippen molar-refractivity contribution in [3.05, 3.63) is 70.9 Å². The molecule has 0 radical (unpaired) electrons. The molecule has 1 aliphatic heterocycles. The number of aryl methyl sites for hydroxylation is 2. The minimum absolute atomic E-state index is 0.0134. The minimum Gasteiger partial charge on any atom is -0.486 e. The van der Waals surface area contributed by atoms with Gasteiger partial charge in [-0.2, -0.15) is 5.10 Å². The van der Waals surface area contributed by atoms with E-state index in [1.165, 1.54) is 11.3 Å². The SMILES string of the molecule is Cc1cc(COc2ccccc2)oc1C(=O)N1CCCC2(CCc3cn[nH]c32)C1. The molecule has 1 aromatic carbocycles. The number of benzene rings is 1. The number of hydrogen-bond donors (Lipinski definition) is 1. The molecule has 1 N–H and O–H groups in total. The monoisotopic (exact) mass is 391 g/mol. The van der Waals surface area contributed by atoms with E-state index in [0.717, 1.165) is 50.1 Å². The van der Waals surface area contributed by atoms with Crippen molar-refractivity contribution in [2.45, 2.75) is 44.6 Å². The molecule has 6 nitrogen and oxygen atoms in total. The predicted molar refractivity (Wildman–Crippen MR) is 108 cm³/mol. The highest BCUT2D eigenvalue weighted by atomic mass is 16.5. The summed E-state index contributed by atoms with van der Waals surface area (Å²) in [5.41, 5.74) is 3.39. The van der Waals surface area contributed by atoms with Crippen molar-refractivity contribution >= 4 is 5.91 Å². The van der Waals surface area contributed by atoms with Crippen LogP contribution in [-0.2, 0) is 18.4 Å². The lowest BCUT2D eigenvalue weighted by Crippen LogP contribution is -2.47. The first-order chi connectivity index (χ1) is 14.1. The highest BCUT2D eigenvalue weighted by Crippen LogP contribution is 2.44. The number of para-hydroxylation sites is 1. The van der Waals surface area contributed by atoms with Crippen LogP contribution in [0.4, 0.5) is 0 Å². The number of nitrogens with zero attached hydrogens (tertiary/aromatic N) is 2. The first-order valence-electron chi connectivity index (χ1n) is 10.2. The Hall–Kier alpha value is -3.02. The number of aromatic nitrogens is 2. The molecule has 5 rings (SSSR count). The Morgan fingerprint density at radius 1 is 1.31 bits per heavy atom. The van der Waals surface area contributed by atoms with Crippen molar-refractivity contribution in [2.75, 3.05) is 13.1 Å². The third kappa shape index (κ3) is 3.22. The van der Waals surface area contributed by atoms with Crippen LogP contribution < -0.4 is 4.74 Å². The summed E-state index contributed by atoms with van der Waals surface area (Å²) in [5.74, 6) is 1.85. The lowest BCUT2D eigenvalue weighted by atomic mass is 9.77. The van der Waals surface area contributed by atoms with Gasteiger partial charge in [0.2, 0.25) is 0 Å². The van der Waals surface area contributed by atoms with Gasteiger partial charge in [-0.05, 0) is 56.4 Å². The molecule has 1 fully saturated rings. The fourth-order valence-electron chi connectivity index (χ4n) is 4.82. The molecular formula is C23H25N3O3. The van der Waals surface area contributed by atoms with E-state index < -0.39 is 0 Å². The molecular weight excluding hydrogens is 366 g/mol. The second-order valence-corrected chi connectivity index (χ2v) is 8.21. The number of rotatable bonds is 4. The number of piperidine rings is 1. The van der Waals surface area contributed by atoms with E-state index in [1.807, 2.05) is 54.4 Å². The molecule has 0 saturated carbocycles. The summed E-state index contributed by atoms with van der Waals surface area (Å²) in [6.45, 7) is 3.71. The van der Waals surface area contributed by atoms with Crippen molar-refractivity contribution < 1.29 is 13.9 Å². The Bertz CT molecular complexity index is 1020. The number of likely N-dealkylation sites (tertiary alicyclic amines) is 1. The molecule has 29 heavy (non-hydrogen) atoms. The first-order valence-corrected chi connectivity index (χ1v) is 10.2. The summed E-state index contributed by atoms with van der Waals surface area (Å²) >= 11 is 0. The van der Waals surface area contributed by atoms with Gasteiger partial charge in [0.15, 0.2) is 5.76 Å². The van der Waals surface area contributed by atoms with Crippen LogP contribution in [0.3, 0.4) is 0 Å². The Morgan fingerprint density at radius 3 is 3.03 bits per heavy atom. The zero-order chi connectivity index (χ0) is 19.8. The number of H-pyrrole nitrogens is 1. The predicted octanol–water partition coefficient (Wildman–Crippen LogP) is 4.01. The molecule has 1 unspecified atom stereocenters. The summed E-state index contributed by atoms with van der Waals surface area (Å²) in [6.07, 6.45) is 6.14. The summed E-state index contributed by atoms with van der Waals surface area (Å²) in [4.78, 5) is 15.2. The zero-order valence-corrected chi connectivity index (χ0v) is 16.6. The Labute approximate surface area is 169 Å². The van der Waals surface area contributed by atoms with Gasteiger partial charge in [0, 0.05) is 29.8 Å². The fourth-order valence-corrected chi connectivity index (χ4v) is 4.82. The summed E-state index contributed by atoms with van der Waals surface area (Å²) in [7, 11) is 0. The van der Waals surface area contributed by atoms with E-state index in [0.29, 0.717) is 18.1 Å². The van der Waals surface area contributed by atoms with Gasteiger partial charge in [-0.25, -0.2) is 0 Å². The zero-order valence-electron chi connectivity index (χ0n) is 16.6. The van der Waals surface area contributed by atoms with Crippen LogP contribution in [0.25, 0.3) is 0 Å². The largest absolute Gasteiger partial charge is 0.486 e. The van der Waals surface area contributed by atoms with E-state index in [2.05, 4.69) is 10.2 Å². The lowest BCUT2D eigenvalue weighted by Gasteiger charge is -2.40. The normalized spacial score (nSPS) is 20.8. The van der Waals surface area contributed by atoms with Gasteiger partial charge >= 0.3 is 0 Å². The van der Waals surface area contributed by atoms with E-state index in [-0.39, 0.29) is 11.3 Å². The van der Waals surface area contributed by atoms with Crippen LogP contribution in [0, 0.1) is 6.92 Å². The van der Waals surface area contributed by atoms with Crippen molar-refractivity contribution in [1.29, 1.82) is 0 Å². The Kier molecular flexibility index (Phi) is 4.42. The Morgan fingerprint density at radius 2 is 2.17 bits per heavy atom. The van der Waals surface area contributed by atoms with Crippen molar-refractivity contribution in [3.8, 4) is 5.75 Å². The molecule has 1 aliphatic carbocycles. The number of carbonyl (C=O) groups excluding carboxylic acids is 1. The van der Waals surface area contributed by atoms with Crippen LogP contribution in [0.15, 0.2) is 47.0 Å². The minimum atomic E-state index is -0.0273. The van der Waals surface area contributed by atoms with Crippen LogP contribution in [0.2, 0.25) is 0 Å². The quantitative estimate of drug-likeness (QED) is 0.729. The third-order valence-corrected chi connectivity index (χ3v) is 6.27. The maximum absolute atomic E-state index is 13.3. The van der Waals surface area contributed by atoms with E-state index in [4.69, 9.17) is 9.15 Å². The average Bonchev–Trinajstić information content (AvgIpc) is 3.45. The van der Waals surface area contributed by atoms with Gasteiger partial charge in [-0.15, -0.1) is 0 Å². The molecule has 6 heteroatoms. The molecule has 1 spiro atoms. The van der Waals surface area contributed by atoms with Crippen molar-refractivity contribution in [2.24, 2.45) is 0 Å². The van der Waals surface area contributed by atoms with Crippen LogP contribution >= 0.6 is 0 Å². The maximum atomic E-state index is 13.3. The number of ether oxygens (including phenoxy) is 1. The summed E-state index contributed by atoms with van der Waals surface area (Å²) in [6, 6.07) is 11.5. The number of fused-ring (bicyclic) bond motifs is 2. The second kappa shape index (κ2) is 7.10. The van der Waals surface area contributed by atoms with Gasteiger partial charge < -0.3 is 14.1 Å². The van der Waals surface area contributed by atoms with Crippen LogP contribution in [-0.4, -0.2) is 34.1 Å². The van der Waals surface area contributed by atoms with E-state index >= 15 is 0 Å². The topological polar surface area (TPSA) is 71.4 Å². The maximum Gasteiger partial charge on any atom is 0.289 e. The fraction of sp³-hybridized carbons (Fsp3) is 0.391. The van der Waals surface area contributed by atoms with Crippen molar-refractivity contribution in [1.82, 2.24) is 15.1 Å². The van der Waals surface area contributed by atoms with Crippen LogP contribution in [0.1, 0.15) is 52.4 Å². The number of aromatic amines is 1. The smallest absolute Gasteiger partial charge is 0.289 e. The van der Waals surface area contributed by atoms with Gasteiger partial charge in [-0.1, -0.05) is 18.2 Å². The van der Waals surface area contributed by atoms with Gasteiger partial charge in [0.25, 0.3) is 5.91 Å². The van der Waals surface area contributed by atoms with Crippen molar-refractivity contribution in [3.63, 3.8) is 0 Å². The molecule has 1 saturated heterocycles. The number of hydrogen-bond acceptors (Lipinski definition) is 4. The average molecular weight is 391 g/mol. The highest BCUT2D eigenvalue weighted by Gasteiger charge is 2.45. The van der Waals surface area contributed by atoms with Gasteiger partial charge in [-0.3, -0.25) is 9.89 Å². The van der Waals surface area contributed by atoms with Gasteiger partial charge in [0.1, 0.15) is 18.1 Å². The Balaban J connectivity index is 1.31. The molecule has 1 atom stereocenters. The molecule has 3 aromatic rings. The molecule has 1 amide bonds. The molecule has 3 heterocycles. The number of amides is 1. The second-order valence-electron chi connectivity index (χ2n) is 8.21. The molecule has 0 bridgehead atoms. The standard InChI is InChI=1S/C23H25N3O3/c1-16-12-19(14-28-18-6-3-2-4-7-18)29-20(16)22(27)26-11-5-9-23(15-26)10-8-17-13-24-25-21(17)23/h2-4,6-7,12-13H,5,8-11,14-15H2,1H3,(H,24,25). The van der Waals surface area contributed by atoms with Crippen LogP contribution in [0.5, 0.6) is 5.75 Å². The first kappa shape index (κ1) is 18.0. The van der Waals surface area contributed by atoms with Gasteiger partial charge in [0.05, 0.1) is 6.20 Å². The summed E-state index contributed by atoms with van der Waals surface area (Å²) < 4.78 is 11.7. The van der Waals surface area contributed by atoms with E-state index in [1.54, 1.807) is 0 Å².